The van der Waals surface area contributed by atoms with Gasteiger partial charge in [0.05, 0.1) is 9.47 Å². The number of hydrogen-bond donors (Lipinski definition) is 2. The van der Waals surface area contributed by atoms with Crippen LogP contribution in [0.3, 0.4) is 0 Å². The van der Waals surface area contributed by atoms with E-state index in [4.69, 9.17) is 5.11 Å². The third-order valence-corrected chi connectivity index (χ3v) is 6.31. The zero-order valence-electron chi connectivity index (χ0n) is 9.51. The van der Waals surface area contributed by atoms with Crippen LogP contribution in [0.15, 0.2) is 26.2 Å². The molecule has 2 heterocycles. The largest absolute Gasteiger partial charge is 0.477 e. The Bertz CT molecular complexity index is 732. The molecule has 0 saturated heterocycles. The van der Waals surface area contributed by atoms with E-state index in [1.807, 2.05) is 0 Å². The summed E-state index contributed by atoms with van der Waals surface area (Å²) in [6, 6.07) is 2.93. The summed E-state index contributed by atoms with van der Waals surface area (Å²) < 4.78 is 27.4. The van der Waals surface area contributed by atoms with Crippen molar-refractivity contribution in [3.63, 3.8) is 0 Å². The van der Waals surface area contributed by atoms with E-state index in [1.54, 1.807) is 6.92 Å². The van der Waals surface area contributed by atoms with Gasteiger partial charge < -0.3 is 5.11 Å². The molecule has 0 fully saturated rings. The molecule has 0 bridgehead atoms. The standard InChI is InChI=1S/C10H8BrNO4S3/c1-5-7(4-8(11)18-5)19(15,16)12-6-2-3-17-9(6)10(13)14/h2-4,12H,1H3,(H,13,14). The fourth-order valence-electron chi connectivity index (χ4n) is 1.45. The predicted molar refractivity (Wildman–Crippen MR) is 78.8 cm³/mol. The number of nitrogens with one attached hydrogen (secondary N) is 1. The maximum absolute atomic E-state index is 12.2. The van der Waals surface area contributed by atoms with Crippen LogP contribution in [0.25, 0.3) is 0 Å². The van der Waals surface area contributed by atoms with Gasteiger partial charge >= 0.3 is 5.97 Å². The summed E-state index contributed by atoms with van der Waals surface area (Å²) in [6.45, 7) is 1.69. The Kier molecular flexibility index (Phi) is 4.00. The van der Waals surface area contributed by atoms with E-state index in [-0.39, 0.29) is 15.5 Å². The van der Waals surface area contributed by atoms with E-state index in [0.717, 1.165) is 11.3 Å². The lowest BCUT2D eigenvalue weighted by molar-refractivity contribution is 0.0703. The number of carboxylic acid groups (broad SMARTS) is 1. The normalized spacial score (nSPS) is 11.5. The number of sulfonamides is 1. The summed E-state index contributed by atoms with van der Waals surface area (Å²) in [5.74, 6) is -1.16. The molecule has 0 aromatic carbocycles. The van der Waals surface area contributed by atoms with E-state index in [2.05, 4.69) is 20.7 Å². The minimum absolute atomic E-state index is 0.0319. The fourth-order valence-corrected chi connectivity index (χ4v) is 5.69. The molecule has 0 atom stereocenters. The Morgan fingerprint density at radius 2 is 2.16 bits per heavy atom. The number of rotatable bonds is 4. The number of halogens is 1. The second-order valence-electron chi connectivity index (χ2n) is 3.54. The number of anilines is 1. The van der Waals surface area contributed by atoms with Crippen LogP contribution in [-0.2, 0) is 10.0 Å². The zero-order chi connectivity index (χ0) is 14.2. The summed E-state index contributed by atoms with van der Waals surface area (Å²) >= 11 is 5.50. The van der Waals surface area contributed by atoms with E-state index < -0.39 is 16.0 Å². The van der Waals surface area contributed by atoms with Gasteiger partial charge in [0.15, 0.2) is 0 Å². The van der Waals surface area contributed by atoms with Crippen LogP contribution >= 0.6 is 38.6 Å². The molecule has 9 heteroatoms. The molecular formula is C10H8BrNO4S3. The molecule has 0 saturated carbocycles. The second-order valence-corrected chi connectivity index (χ2v) is 8.75. The maximum atomic E-state index is 12.2. The van der Waals surface area contributed by atoms with Gasteiger partial charge in [-0.3, -0.25) is 4.72 Å². The minimum Gasteiger partial charge on any atom is -0.477 e. The average molecular weight is 382 g/mol. The van der Waals surface area contributed by atoms with Crippen molar-refractivity contribution in [1.29, 1.82) is 0 Å². The Labute approximate surface area is 126 Å². The smallest absolute Gasteiger partial charge is 0.348 e. The lowest BCUT2D eigenvalue weighted by Gasteiger charge is -2.06. The molecule has 5 nitrogen and oxygen atoms in total. The molecule has 2 N–H and O–H groups in total. The first-order chi connectivity index (χ1) is 8.81. The highest BCUT2D eigenvalue weighted by molar-refractivity contribution is 9.11. The molecule has 0 aliphatic rings. The van der Waals surface area contributed by atoms with E-state index in [9.17, 15) is 13.2 Å². The van der Waals surface area contributed by atoms with Crippen molar-refractivity contribution in [2.24, 2.45) is 0 Å². The summed E-state index contributed by atoms with van der Waals surface area (Å²) in [7, 11) is -3.78. The quantitative estimate of drug-likeness (QED) is 0.849. The molecule has 2 aromatic rings. The molecular weight excluding hydrogens is 374 g/mol. The van der Waals surface area contributed by atoms with Crippen molar-refractivity contribution in [2.75, 3.05) is 4.72 Å². The molecule has 0 unspecified atom stereocenters. The number of thiophene rings is 2. The van der Waals surface area contributed by atoms with Crippen molar-refractivity contribution in [3.05, 3.63) is 31.1 Å². The van der Waals surface area contributed by atoms with Crippen LogP contribution in [0.1, 0.15) is 14.5 Å². The Morgan fingerprint density at radius 3 is 2.68 bits per heavy atom. The average Bonchev–Trinajstić information content (AvgIpc) is 2.84. The molecule has 0 spiro atoms. The fraction of sp³-hybridized carbons (Fsp3) is 0.100. The monoisotopic (exact) mass is 381 g/mol. The molecule has 0 aliphatic heterocycles. The number of hydrogen-bond acceptors (Lipinski definition) is 5. The Hall–Kier alpha value is -0.900. The Balaban J connectivity index is 2.39. The van der Waals surface area contributed by atoms with Crippen molar-refractivity contribution >= 4 is 60.3 Å². The second kappa shape index (κ2) is 5.23. The van der Waals surface area contributed by atoms with E-state index in [0.29, 0.717) is 8.66 Å². The topological polar surface area (TPSA) is 83.5 Å². The Morgan fingerprint density at radius 1 is 1.47 bits per heavy atom. The van der Waals surface area contributed by atoms with Gasteiger partial charge in [0.25, 0.3) is 10.0 Å². The van der Waals surface area contributed by atoms with Crippen LogP contribution in [0.4, 0.5) is 5.69 Å². The van der Waals surface area contributed by atoms with Crippen molar-refractivity contribution in [3.8, 4) is 0 Å². The number of aryl methyl sites for hydroxylation is 1. The molecule has 0 amide bonds. The number of aromatic carboxylic acids is 1. The first-order valence-electron chi connectivity index (χ1n) is 4.91. The lowest BCUT2D eigenvalue weighted by atomic mass is 10.4. The van der Waals surface area contributed by atoms with Crippen molar-refractivity contribution < 1.29 is 18.3 Å². The summed E-state index contributed by atoms with van der Waals surface area (Å²) in [5.41, 5.74) is 0.0826. The lowest BCUT2D eigenvalue weighted by Crippen LogP contribution is -2.14. The SMILES string of the molecule is Cc1sc(Br)cc1S(=O)(=O)Nc1ccsc1C(=O)O. The zero-order valence-corrected chi connectivity index (χ0v) is 13.5. The highest BCUT2D eigenvalue weighted by atomic mass is 79.9. The van der Waals surface area contributed by atoms with Crippen LogP contribution in [0.5, 0.6) is 0 Å². The first kappa shape index (κ1) is 14.5. The summed E-state index contributed by atoms with van der Waals surface area (Å²) in [5, 5.41) is 10.5. The van der Waals surface area contributed by atoms with Gasteiger partial charge in [-0.2, -0.15) is 0 Å². The molecule has 2 rings (SSSR count). The van der Waals surface area contributed by atoms with Crippen molar-refractivity contribution in [1.82, 2.24) is 0 Å². The van der Waals surface area contributed by atoms with Crippen LogP contribution < -0.4 is 4.72 Å². The van der Waals surface area contributed by atoms with Crippen LogP contribution in [0.2, 0.25) is 0 Å². The first-order valence-corrected chi connectivity index (χ1v) is 8.88. The van der Waals surface area contributed by atoms with Crippen LogP contribution in [-0.4, -0.2) is 19.5 Å². The highest BCUT2D eigenvalue weighted by Gasteiger charge is 2.22. The molecule has 0 aliphatic carbocycles. The maximum Gasteiger partial charge on any atom is 0.348 e. The van der Waals surface area contributed by atoms with Crippen LogP contribution in [0, 0.1) is 6.92 Å². The summed E-state index contributed by atoms with van der Waals surface area (Å²) in [4.78, 5) is 11.7. The molecule has 19 heavy (non-hydrogen) atoms. The van der Waals surface area contributed by atoms with Gasteiger partial charge in [0.2, 0.25) is 0 Å². The molecule has 0 radical (unpaired) electrons. The summed E-state index contributed by atoms with van der Waals surface area (Å²) in [6.07, 6.45) is 0. The van der Waals surface area contributed by atoms with E-state index in [1.165, 1.54) is 28.8 Å². The third kappa shape index (κ3) is 2.99. The molecule has 102 valence electrons. The number of carbonyl (C=O) groups is 1. The molecule has 2 aromatic heterocycles. The van der Waals surface area contributed by atoms with Gasteiger partial charge in [-0.25, -0.2) is 13.2 Å². The van der Waals surface area contributed by atoms with Gasteiger partial charge in [-0.1, -0.05) is 0 Å². The highest BCUT2D eigenvalue weighted by Crippen LogP contribution is 2.32. The number of carboxylic acids is 1. The van der Waals surface area contributed by atoms with Gasteiger partial charge in [0.1, 0.15) is 9.77 Å². The van der Waals surface area contributed by atoms with Crippen molar-refractivity contribution in [2.45, 2.75) is 11.8 Å². The minimum atomic E-state index is -3.78. The van der Waals surface area contributed by atoms with Gasteiger partial charge in [0, 0.05) is 4.88 Å². The predicted octanol–water partition coefficient (Wildman–Crippen LogP) is 3.38. The van der Waals surface area contributed by atoms with E-state index >= 15 is 0 Å². The van der Waals surface area contributed by atoms with Gasteiger partial charge in [-0.15, -0.1) is 22.7 Å². The third-order valence-electron chi connectivity index (χ3n) is 2.24. The van der Waals surface area contributed by atoms with Gasteiger partial charge in [-0.05, 0) is 40.4 Å².